The Balaban J connectivity index is 2.03. The van der Waals surface area contributed by atoms with E-state index in [0.717, 1.165) is 12.2 Å². The predicted molar refractivity (Wildman–Crippen MR) is 70.8 cm³/mol. The molecule has 0 saturated carbocycles. The first-order valence-electron chi connectivity index (χ1n) is 6.26. The summed E-state index contributed by atoms with van der Waals surface area (Å²) in [4.78, 5) is 7.59. The summed E-state index contributed by atoms with van der Waals surface area (Å²) in [5, 5.41) is 4.77. The van der Waals surface area contributed by atoms with E-state index in [9.17, 15) is 0 Å². The van der Waals surface area contributed by atoms with Gasteiger partial charge in [0.15, 0.2) is 0 Å². The van der Waals surface area contributed by atoms with Gasteiger partial charge in [-0.1, -0.05) is 13.0 Å². The molecule has 2 N–H and O–H groups in total. The summed E-state index contributed by atoms with van der Waals surface area (Å²) >= 11 is 0. The van der Waals surface area contributed by atoms with Crippen LogP contribution in [-0.2, 0) is 0 Å². The summed E-state index contributed by atoms with van der Waals surface area (Å²) in [6, 6.07) is 4.63. The second kappa shape index (κ2) is 4.34. The van der Waals surface area contributed by atoms with E-state index in [4.69, 9.17) is 0 Å². The maximum Gasteiger partial charge on any atom is 0.137 e. The molecule has 0 amide bonds. The van der Waals surface area contributed by atoms with Crippen LogP contribution >= 0.6 is 0 Å². The Bertz CT molecular complexity index is 553. The van der Waals surface area contributed by atoms with Gasteiger partial charge >= 0.3 is 0 Å². The van der Waals surface area contributed by atoms with E-state index in [2.05, 4.69) is 40.5 Å². The van der Waals surface area contributed by atoms with Crippen molar-refractivity contribution in [1.82, 2.24) is 15.3 Å². The van der Waals surface area contributed by atoms with Crippen LogP contribution in [0, 0.1) is 0 Å². The summed E-state index contributed by atoms with van der Waals surface area (Å²) < 4.78 is 0. The number of H-pyrrole nitrogens is 1. The van der Waals surface area contributed by atoms with Gasteiger partial charge in [-0.25, -0.2) is 4.98 Å². The van der Waals surface area contributed by atoms with Crippen molar-refractivity contribution in [2.75, 3.05) is 6.54 Å². The lowest BCUT2D eigenvalue weighted by Crippen LogP contribution is -2.27. The quantitative estimate of drug-likeness (QED) is 0.846. The zero-order valence-electron chi connectivity index (χ0n) is 10.0. The first kappa shape index (κ1) is 10.5. The van der Waals surface area contributed by atoms with Gasteiger partial charge in [0.05, 0.1) is 0 Å². The third-order valence-electron chi connectivity index (χ3n) is 3.41. The van der Waals surface area contributed by atoms with E-state index in [0.29, 0.717) is 6.04 Å². The highest BCUT2D eigenvalue weighted by atomic mass is 14.9. The van der Waals surface area contributed by atoms with Gasteiger partial charge in [0.1, 0.15) is 5.65 Å². The van der Waals surface area contributed by atoms with Crippen molar-refractivity contribution in [3.8, 4) is 0 Å². The lowest BCUT2D eigenvalue weighted by molar-refractivity contribution is 0.614. The fraction of sp³-hybridized carbons (Fsp3) is 0.357. The van der Waals surface area contributed by atoms with Gasteiger partial charge < -0.3 is 10.3 Å². The lowest BCUT2D eigenvalue weighted by Gasteiger charge is -2.15. The molecule has 1 unspecified atom stereocenters. The van der Waals surface area contributed by atoms with E-state index >= 15 is 0 Å². The smallest absolute Gasteiger partial charge is 0.137 e. The number of aromatic nitrogens is 2. The van der Waals surface area contributed by atoms with Crippen LogP contribution in [0.15, 0.2) is 30.6 Å². The fourth-order valence-electron chi connectivity index (χ4n) is 2.65. The van der Waals surface area contributed by atoms with Crippen LogP contribution in [-0.4, -0.2) is 22.6 Å². The number of pyridine rings is 1. The molecule has 0 spiro atoms. The van der Waals surface area contributed by atoms with Crippen molar-refractivity contribution in [1.29, 1.82) is 0 Å². The molecule has 0 radical (unpaired) electrons. The fourth-order valence-corrected chi connectivity index (χ4v) is 2.65. The van der Waals surface area contributed by atoms with E-state index in [1.807, 2.05) is 12.3 Å². The molecule has 2 aromatic rings. The summed E-state index contributed by atoms with van der Waals surface area (Å²) in [5.74, 6) is 0. The number of nitrogens with zero attached hydrogens (tertiary/aromatic N) is 1. The largest absolute Gasteiger partial charge is 0.346 e. The molecule has 0 aliphatic heterocycles. The number of hydrogen-bond donors (Lipinski definition) is 2. The molecule has 3 rings (SSSR count). The van der Waals surface area contributed by atoms with Crippen molar-refractivity contribution >= 4 is 16.6 Å². The van der Waals surface area contributed by atoms with Crippen LogP contribution in [0.1, 0.15) is 25.3 Å². The van der Waals surface area contributed by atoms with Gasteiger partial charge in [-0.2, -0.15) is 0 Å². The summed E-state index contributed by atoms with van der Waals surface area (Å²) in [6.07, 6.45) is 8.63. The molecule has 0 saturated heterocycles. The molecule has 0 aromatic carbocycles. The molecule has 0 fully saturated rings. The van der Waals surface area contributed by atoms with Crippen LogP contribution in [0.2, 0.25) is 0 Å². The molecule has 17 heavy (non-hydrogen) atoms. The number of hydrogen-bond acceptors (Lipinski definition) is 2. The van der Waals surface area contributed by atoms with Crippen LogP contribution < -0.4 is 5.32 Å². The molecule has 2 heterocycles. The Morgan fingerprint density at radius 2 is 2.47 bits per heavy atom. The molecular formula is C14H17N3. The third-order valence-corrected chi connectivity index (χ3v) is 3.41. The molecule has 1 atom stereocenters. The minimum atomic E-state index is 0.499. The standard InChI is InChI=1S/C14H17N3/c1-2-15-13-7-3-5-10(13)12-9-17-14-11(12)6-4-8-16-14/h4-6,8-9,13,15H,2-3,7H2,1H3,(H,16,17). The Kier molecular flexibility index (Phi) is 2.69. The highest BCUT2D eigenvalue weighted by molar-refractivity contribution is 5.92. The van der Waals surface area contributed by atoms with E-state index in [1.165, 1.54) is 29.4 Å². The monoisotopic (exact) mass is 227 g/mol. The first-order chi connectivity index (χ1) is 8.40. The zero-order valence-corrected chi connectivity index (χ0v) is 10.0. The summed E-state index contributed by atoms with van der Waals surface area (Å²) in [7, 11) is 0. The molecule has 0 bridgehead atoms. The Morgan fingerprint density at radius 1 is 1.53 bits per heavy atom. The highest BCUT2D eigenvalue weighted by Gasteiger charge is 2.21. The maximum absolute atomic E-state index is 4.34. The zero-order chi connectivity index (χ0) is 11.7. The van der Waals surface area contributed by atoms with Crippen molar-refractivity contribution in [3.63, 3.8) is 0 Å². The van der Waals surface area contributed by atoms with Crippen molar-refractivity contribution in [2.24, 2.45) is 0 Å². The topological polar surface area (TPSA) is 40.7 Å². The molecule has 88 valence electrons. The first-order valence-corrected chi connectivity index (χ1v) is 6.26. The lowest BCUT2D eigenvalue weighted by atomic mass is 10.0. The van der Waals surface area contributed by atoms with Gasteiger partial charge in [0.25, 0.3) is 0 Å². The summed E-state index contributed by atoms with van der Waals surface area (Å²) in [6.45, 7) is 3.18. The van der Waals surface area contributed by atoms with E-state index in [1.54, 1.807) is 0 Å². The number of allylic oxidation sites excluding steroid dienone is 1. The molecule has 1 aliphatic rings. The Morgan fingerprint density at radius 3 is 3.35 bits per heavy atom. The van der Waals surface area contributed by atoms with Gasteiger partial charge in [0.2, 0.25) is 0 Å². The van der Waals surface area contributed by atoms with Crippen LogP contribution in [0.3, 0.4) is 0 Å². The van der Waals surface area contributed by atoms with Gasteiger partial charge in [-0.05, 0) is 37.1 Å². The second-order valence-electron chi connectivity index (χ2n) is 4.45. The average molecular weight is 227 g/mol. The second-order valence-corrected chi connectivity index (χ2v) is 4.45. The van der Waals surface area contributed by atoms with Crippen LogP contribution in [0.25, 0.3) is 16.6 Å². The molecule has 1 aliphatic carbocycles. The minimum Gasteiger partial charge on any atom is -0.346 e. The van der Waals surface area contributed by atoms with E-state index < -0.39 is 0 Å². The molecule has 2 aromatic heterocycles. The maximum atomic E-state index is 4.34. The van der Waals surface area contributed by atoms with Gasteiger partial charge in [-0.3, -0.25) is 0 Å². The number of aromatic amines is 1. The SMILES string of the molecule is CCNC1CCC=C1c1c[nH]c2ncccc12. The number of fused-ring (bicyclic) bond motifs is 1. The number of likely N-dealkylation sites (N-methyl/N-ethyl adjacent to an activating group) is 1. The van der Waals surface area contributed by atoms with Crippen LogP contribution in [0.4, 0.5) is 0 Å². The third kappa shape index (κ3) is 1.76. The normalized spacial score (nSPS) is 19.8. The summed E-state index contributed by atoms with van der Waals surface area (Å²) in [5.41, 5.74) is 3.70. The Hall–Kier alpha value is -1.61. The molecular weight excluding hydrogens is 210 g/mol. The number of rotatable bonds is 3. The average Bonchev–Trinajstić information content (AvgIpc) is 2.95. The highest BCUT2D eigenvalue weighted by Crippen LogP contribution is 2.32. The van der Waals surface area contributed by atoms with Crippen molar-refractivity contribution < 1.29 is 0 Å². The van der Waals surface area contributed by atoms with Gasteiger partial charge in [0, 0.05) is 29.4 Å². The van der Waals surface area contributed by atoms with Crippen molar-refractivity contribution in [2.45, 2.75) is 25.8 Å². The Labute approximate surface area is 101 Å². The minimum absolute atomic E-state index is 0.499. The number of nitrogens with one attached hydrogen (secondary N) is 2. The molecule has 3 heteroatoms. The van der Waals surface area contributed by atoms with Gasteiger partial charge in [-0.15, -0.1) is 0 Å². The van der Waals surface area contributed by atoms with Crippen LogP contribution in [0.5, 0.6) is 0 Å². The predicted octanol–water partition coefficient (Wildman–Crippen LogP) is 2.72. The van der Waals surface area contributed by atoms with Crippen molar-refractivity contribution in [3.05, 3.63) is 36.2 Å². The van der Waals surface area contributed by atoms with E-state index in [-0.39, 0.29) is 0 Å². The molecule has 3 nitrogen and oxygen atoms in total.